The average molecular weight is 444 g/mol. The highest BCUT2D eigenvalue weighted by atomic mass is 127. The first-order valence-electron chi connectivity index (χ1n) is 6.43. The third-order valence-corrected chi connectivity index (χ3v) is 4.11. The molecule has 0 saturated carbocycles. The van der Waals surface area contributed by atoms with E-state index in [1.165, 1.54) is 0 Å². The summed E-state index contributed by atoms with van der Waals surface area (Å²) < 4.78 is 5.18. The van der Waals surface area contributed by atoms with Crippen LogP contribution in [0.3, 0.4) is 0 Å². The smallest absolute Gasteiger partial charge is 0.320 e. The molecule has 1 fully saturated rings. The van der Waals surface area contributed by atoms with Crippen molar-refractivity contribution in [2.24, 2.45) is 0 Å². The van der Waals surface area contributed by atoms with Gasteiger partial charge in [0.1, 0.15) is 0 Å². The molecular formula is C13H16Cl2IN3O2. The number of fused-ring (bicyclic) bond motifs is 3. The monoisotopic (exact) mass is 443 g/mol. The van der Waals surface area contributed by atoms with Crippen molar-refractivity contribution < 1.29 is 9.53 Å². The molecule has 2 aliphatic heterocycles. The van der Waals surface area contributed by atoms with E-state index >= 15 is 0 Å². The van der Waals surface area contributed by atoms with Gasteiger partial charge >= 0.3 is 5.97 Å². The third kappa shape index (κ3) is 3.39. The molecule has 116 valence electrons. The van der Waals surface area contributed by atoms with Gasteiger partial charge < -0.3 is 4.74 Å². The normalized spacial score (nSPS) is 19.7. The van der Waals surface area contributed by atoms with Crippen LogP contribution in [-0.2, 0) is 16.1 Å². The van der Waals surface area contributed by atoms with Crippen LogP contribution in [0.15, 0.2) is 12.1 Å². The van der Waals surface area contributed by atoms with E-state index in [2.05, 4.69) is 5.43 Å². The molecule has 5 nitrogen and oxygen atoms in total. The molecule has 0 aliphatic carbocycles. The van der Waals surface area contributed by atoms with Gasteiger partial charge in [-0.3, -0.25) is 14.7 Å². The highest BCUT2D eigenvalue weighted by Crippen LogP contribution is 2.41. The molecule has 0 aromatic heterocycles. The summed E-state index contributed by atoms with van der Waals surface area (Å²) in [5.41, 5.74) is 5.13. The molecule has 3 rings (SSSR count). The van der Waals surface area contributed by atoms with Crippen molar-refractivity contribution in [3.63, 3.8) is 0 Å². The summed E-state index contributed by atoms with van der Waals surface area (Å²) in [4.78, 5) is 13.7. The van der Waals surface area contributed by atoms with Gasteiger partial charge in [0.05, 0.1) is 28.4 Å². The number of anilines is 1. The predicted molar refractivity (Wildman–Crippen MR) is 92.9 cm³/mol. The summed E-state index contributed by atoms with van der Waals surface area (Å²) in [6, 6.07) is 3.71. The SMILES string of the molecule is CC(C)OC(=O)CN1Cc2c(ccc(Cl)c2Cl)N2NC12.I. The van der Waals surface area contributed by atoms with E-state index in [0.29, 0.717) is 16.6 Å². The Morgan fingerprint density at radius 2 is 2.19 bits per heavy atom. The minimum absolute atomic E-state index is 0. The molecule has 0 radical (unpaired) electrons. The van der Waals surface area contributed by atoms with Crippen molar-refractivity contribution >= 4 is 58.8 Å². The van der Waals surface area contributed by atoms with Gasteiger partial charge in [-0.2, -0.15) is 5.43 Å². The van der Waals surface area contributed by atoms with E-state index in [0.717, 1.165) is 11.3 Å². The molecule has 0 spiro atoms. The molecule has 0 bridgehead atoms. The molecule has 1 saturated heterocycles. The zero-order valence-electron chi connectivity index (χ0n) is 11.6. The molecule has 1 N–H and O–H groups in total. The molecule has 1 unspecified atom stereocenters. The zero-order valence-corrected chi connectivity index (χ0v) is 15.4. The number of benzene rings is 1. The molecule has 8 heteroatoms. The third-order valence-electron chi connectivity index (χ3n) is 3.27. The molecule has 1 aromatic carbocycles. The van der Waals surface area contributed by atoms with Gasteiger partial charge in [0.25, 0.3) is 0 Å². The van der Waals surface area contributed by atoms with Crippen molar-refractivity contribution in [2.45, 2.75) is 32.8 Å². The van der Waals surface area contributed by atoms with Crippen LogP contribution < -0.4 is 10.4 Å². The number of rotatable bonds is 3. The molecule has 2 heterocycles. The maximum absolute atomic E-state index is 11.8. The van der Waals surface area contributed by atoms with E-state index in [4.69, 9.17) is 27.9 Å². The van der Waals surface area contributed by atoms with Crippen molar-refractivity contribution in [3.05, 3.63) is 27.7 Å². The number of nitrogens with one attached hydrogen (secondary N) is 1. The molecular weight excluding hydrogens is 428 g/mol. The Balaban J connectivity index is 0.00000161. The number of nitrogens with zero attached hydrogens (tertiary/aromatic N) is 2. The second kappa shape index (κ2) is 6.45. The van der Waals surface area contributed by atoms with Crippen molar-refractivity contribution in [1.29, 1.82) is 0 Å². The summed E-state index contributed by atoms with van der Waals surface area (Å²) in [6.45, 7) is 4.45. The Morgan fingerprint density at radius 1 is 1.48 bits per heavy atom. The maximum atomic E-state index is 11.8. The summed E-state index contributed by atoms with van der Waals surface area (Å²) in [6.07, 6.45) is -0.0830. The fraction of sp³-hybridized carbons (Fsp3) is 0.462. The van der Waals surface area contributed by atoms with Crippen molar-refractivity contribution in [1.82, 2.24) is 10.3 Å². The second-order valence-electron chi connectivity index (χ2n) is 5.18. The first-order chi connectivity index (χ1) is 9.47. The van der Waals surface area contributed by atoms with Crippen molar-refractivity contribution in [2.75, 3.05) is 11.6 Å². The standard InChI is InChI=1S/C13H15Cl2N3O2.HI/c1-7(2)20-11(19)6-17-5-8-10(18-13(17)16-18)4-3-9(14)12(8)15;/h3-4,7,13,16H,5-6H2,1-2H3;1H. The van der Waals surface area contributed by atoms with Crippen molar-refractivity contribution in [3.8, 4) is 0 Å². The number of carbonyl (C=O) groups excluding carboxylic acids is 1. The summed E-state index contributed by atoms with van der Waals surface area (Å²) in [5.74, 6) is -0.241. The van der Waals surface area contributed by atoms with E-state index in [-0.39, 0.29) is 48.9 Å². The number of hydrogen-bond donors (Lipinski definition) is 1. The highest BCUT2D eigenvalue weighted by molar-refractivity contribution is 14.0. The van der Waals surface area contributed by atoms with E-state index in [9.17, 15) is 4.79 Å². The van der Waals surface area contributed by atoms with Gasteiger partial charge in [-0.25, -0.2) is 0 Å². The Labute approximate surface area is 150 Å². The molecule has 2 aliphatic rings. The lowest BCUT2D eigenvalue weighted by molar-refractivity contribution is -0.149. The lowest BCUT2D eigenvalue weighted by Gasteiger charge is -2.27. The topological polar surface area (TPSA) is 54.5 Å². The maximum Gasteiger partial charge on any atom is 0.320 e. The summed E-state index contributed by atoms with van der Waals surface area (Å²) in [7, 11) is 0. The number of esters is 1. The molecule has 1 atom stereocenters. The Kier molecular flexibility index (Phi) is 5.25. The van der Waals surface area contributed by atoms with Gasteiger partial charge in [-0.1, -0.05) is 23.2 Å². The van der Waals surface area contributed by atoms with Gasteiger partial charge in [0.2, 0.25) is 0 Å². The minimum Gasteiger partial charge on any atom is -0.462 e. The fourth-order valence-corrected chi connectivity index (χ4v) is 2.79. The number of hydrogen-bond acceptors (Lipinski definition) is 5. The first-order valence-corrected chi connectivity index (χ1v) is 7.19. The van der Waals surface area contributed by atoms with Crippen LogP contribution in [0.25, 0.3) is 0 Å². The number of halogens is 3. The summed E-state index contributed by atoms with van der Waals surface area (Å²) >= 11 is 12.3. The predicted octanol–water partition coefficient (Wildman–Crippen LogP) is 2.99. The second-order valence-corrected chi connectivity index (χ2v) is 5.96. The number of ether oxygens (including phenoxy) is 1. The minimum atomic E-state index is -0.241. The van der Waals surface area contributed by atoms with Crippen LogP contribution in [0.5, 0.6) is 0 Å². The lowest BCUT2D eigenvalue weighted by atomic mass is 10.1. The van der Waals surface area contributed by atoms with Crippen LogP contribution in [0.2, 0.25) is 10.0 Å². The van der Waals surface area contributed by atoms with Gasteiger partial charge in [0, 0.05) is 12.1 Å². The number of carbonyl (C=O) groups is 1. The van der Waals surface area contributed by atoms with E-state index in [1.807, 2.05) is 29.8 Å². The van der Waals surface area contributed by atoms with Gasteiger partial charge in [-0.15, -0.1) is 24.0 Å². The van der Waals surface area contributed by atoms with Crippen LogP contribution in [0, 0.1) is 0 Å². The largest absolute Gasteiger partial charge is 0.462 e. The molecule has 21 heavy (non-hydrogen) atoms. The molecule has 0 amide bonds. The van der Waals surface area contributed by atoms with E-state index < -0.39 is 0 Å². The highest BCUT2D eigenvalue weighted by Gasteiger charge is 2.45. The van der Waals surface area contributed by atoms with Crippen LogP contribution in [0.4, 0.5) is 5.69 Å². The lowest BCUT2D eigenvalue weighted by Crippen LogP contribution is -2.38. The first kappa shape index (κ1) is 17.1. The Bertz CT molecular complexity index is 571. The van der Waals surface area contributed by atoms with Gasteiger partial charge in [0.15, 0.2) is 6.29 Å². The Morgan fingerprint density at radius 3 is 2.86 bits per heavy atom. The average Bonchev–Trinajstić information content (AvgIpc) is 3.14. The fourth-order valence-electron chi connectivity index (χ4n) is 2.39. The van der Waals surface area contributed by atoms with Crippen LogP contribution in [-0.4, -0.2) is 29.8 Å². The molecule has 1 aromatic rings. The van der Waals surface area contributed by atoms with E-state index in [1.54, 1.807) is 6.07 Å². The van der Waals surface area contributed by atoms with Crippen LogP contribution >= 0.6 is 47.2 Å². The van der Waals surface area contributed by atoms with Crippen LogP contribution in [0.1, 0.15) is 19.4 Å². The Hall–Kier alpha value is -0.280. The number of hydrazine groups is 1. The zero-order chi connectivity index (χ0) is 14.4. The summed E-state index contributed by atoms with van der Waals surface area (Å²) in [5, 5.41) is 3.03. The quantitative estimate of drug-likeness (QED) is 0.442. The van der Waals surface area contributed by atoms with Gasteiger partial charge in [-0.05, 0) is 26.0 Å².